The Hall–Kier alpha value is -1.72. The Labute approximate surface area is 82.1 Å². The quantitative estimate of drug-likeness (QED) is 0.717. The Kier molecular flexibility index (Phi) is 1.89. The highest BCUT2D eigenvalue weighted by Gasteiger charge is 2.33. The first-order valence-electron chi connectivity index (χ1n) is 4.16. The molecule has 1 aromatic heterocycles. The van der Waals surface area contributed by atoms with Gasteiger partial charge >= 0.3 is 11.9 Å². The molecule has 0 aliphatic carbocycles. The standard InChI is InChI=1S/C9H7F3N2O/c1-14-7-5(9(10,11)12)3-2-4-6(7)13-8(14)15/h2-4H,1H3,(H,13,15). The van der Waals surface area contributed by atoms with Crippen molar-refractivity contribution in [2.75, 3.05) is 0 Å². The van der Waals surface area contributed by atoms with Crippen molar-refractivity contribution in [1.29, 1.82) is 0 Å². The van der Waals surface area contributed by atoms with Gasteiger partial charge in [0.15, 0.2) is 0 Å². The van der Waals surface area contributed by atoms with Crippen LogP contribution >= 0.6 is 0 Å². The Bertz CT molecular complexity index is 565. The van der Waals surface area contributed by atoms with Crippen molar-refractivity contribution >= 4 is 11.0 Å². The summed E-state index contributed by atoms with van der Waals surface area (Å²) in [7, 11) is 1.30. The number of imidazole rings is 1. The third-order valence-electron chi connectivity index (χ3n) is 2.22. The van der Waals surface area contributed by atoms with Crippen molar-refractivity contribution in [1.82, 2.24) is 9.55 Å². The molecular formula is C9H7F3N2O. The number of aromatic nitrogens is 2. The maximum Gasteiger partial charge on any atom is 0.418 e. The molecule has 1 aromatic carbocycles. The predicted octanol–water partition coefficient (Wildman–Crippen LogP) is 1.89. The van der Waals surface area contributed by atoms with Crippen LogP contribution in [-0.4, -0.2) is 9.55 Å². The van der Waals surface area contributed by atoms with Crippen molar-refractivity contribution in [3.05, 3.63) is 34.2 Å². The Morgan fingerprint density at radius 3 is 2.60 bits per heavy atom. The van der Waals surface area contributed by atoms with Crippen molar-refractivity contribution in [2.45, 2.75) is 6.18 Å². The molecule has 0 atom stereocenters. The number of nitrogens with zero attached hydrogens (tertiary/aromatic N) is 1. The molecule has 80 valence electrons. The number of rotatable bonds is 0. The molecule has 2 aromatic rings. The zero-order valence-electron chi connectivity index (χ0n) is 7.72. The molecule has 2 rings (SSSR count). The SMILES string of the molecule is Cn1c(=O)[nH]c2cccc(C(F)(F)F)c21. The number of hydrogen-bond acceptors (Lipinski definition) is 1. The minimum absolute atomic E-state index is 0.116. The van der Waals surface area contributed by atoms with Crippen molar-refractivity contribution in [3.8, 4) is 0 Å². The zero-order chi connectivity index (χ0) is 11.2. The van der Waals surface area contributed by atoms with E-state index in [-0.39, 0.29) is 11.0 Å². The predicted molar refractivity (Wildman–Crippen MR) is 48.5 cm³/mol. The Morgan fingerprint density at radius 2 is 2.00 bits per heavy atom. The highest BCUT2D eigenvalue weighted by molar-refractivity contribution is 5.79. The molecule has 0 unspecified atom stereocenters. The molecule has 1 heterocycles. The lowest BCUT2D eigenvalue weighted by Crippen LogP contribution is -2.14. The third kappa shape index (κ3) is 1.42. The molecule has 0 saturated carbocycles. The van der Waals surface area contributed by atoms with Crippen molar-refractivity contribution in [3.63, 3.8) is 0 Å². The second-order valence-electron chi connectivity index (χ2n) is 3.19. The maximum absolute atomic E-state index is 12.6. The molecule has 0 bridgehead atoms. The molecule has 1 N–H and O–H groups in total. The fourth-order valence-electron chi connectivity index (χ4n) is 1.54. The summed E-state index contributed by atoms with van der Waals surface area (Å²) in [6.07, 6.45) is -4.45. The van der Waals surface area contributed by atoms with Gasteiger partial charge in [-0.2, -0.15) is 13.2 Å². The van der Waals surface area contributed by atoms with E-state index in [1.54, 1.807) is 0 Å². The van der Waals surface area contributed by atoms with Crippen LogP contribution in [0.4, 0.5) is 13.2 Å². The highest BCUT2D eigenvalue weighted by atomic mass is 19.4. The van der Waals surface area contributed by atoms with Crippen LogP contribution in [-0.2, 0) is 13.2 Å². The van der Waals surface area contributed by atoms with Crippen LogP contribution in [0.5, 0.6) is 0 Å². The molecule has 3 nitrogen and oxygen atoms in total. The van der Waals surface area contributed by atoms with Gasteiger partial charge in [0.1, 0.15) is 0 Å². The van der Waals surface area contributed by atoms with Gasteiger partial charge in [-0.1, -0.05) is 6.07 Å². The number of para-hydroxylation sites is 1. The molecule has 0 saturated heterocycles. The van der Waals surface area contributed by atoms with Crippen LogP contribution in [0.1, 0.15) is 5.56 Å². The van der Waals surface area contributed by atoms with Gasteiger partial charge in [-0.25, -0.2) is 4.79 Å². The van der Waals surface area contributed by atoms with E-state index in [4.69, 9.17) is 0 Å². The largest absolute Gasteiger partial charge is 0.418 e. The average molecular weight is 216 g/mol. The van der Waals surface area contributed by atoms with Gasteiger partial charge < -0.3 is 4.98 Å². The summed E-state index contributed by atoms with van der Waals surface area (Å²) in [6, 6.07) is 3.66. The highest BCUT2D eigenvalue weighted by Crippen LogP contribution is 2.33. The summed E-state index contributed by atoms with van der Waals surface area (Å²) in [6.45, 7) is 0. The lowest BCUT2D eigenvalue weighted by molar-refractivity contribution is -0.136. The molecule has 6 heteroatoms. The fraction of sp³-hybridized carbons (Fsp3) is 0.222. The Balaban J connectivity index is 2.92. The van der Waals surface area contributed by atoms with Crippen LogP contribution in [0.15, 0.2) is 23.0 Å². The minimum atomic E-state index is -4.45. The lowest BCUT2D eigenvalue weighted by atomic mass is 10.2. The van der Waals surface area contributed by atoms with E-state index >= 15 is 0 Å². The first-order valence-corrected chi connectivity index (χ1v) is 4.16. The molecule has 0 radical (unpaired) electrons. The van der Waals surface area contributed by atoms with Gasteiger partial charge in [0.05, 0.1) is 16.6 Å². The summed E-state index contributed by atoms with van der Waals surface area (Å²) >= 11 is 0. The normalized spacial score (nSPS) is 12.3. The monoisotopic (exact) mass is 216 g/mol. The first-order chi connectivity index (χ1) is 6.91. The lowest BCUT2D eigenvalue weighted by Gasteiger charge is -2.08. The molecule has 15 heavy (non-hydrogen) atoms. The number of H-pyrrole nitrogens is 1. The summed E-state index contributed by atoms with van der Waals surface area (Å²) in [4.78, 5) is 13.5. The summed E-state index contributed by atoms with van der Waals surface area (Å²) < 4.78 is 38.7. The van der Waals surface area contributed by atoms with E-state index in [0.29, 0.717) is 0 Å². The summed E-state index contributed by atoms with van der Waals surface area (Å²) in [5.41, 5.74) is -1.28. The molecule has 0 fully saturated rings. The molecule has 0 aliphatic rings. The van der Waals surface area contributed by atoms with E-state index < -0.39 is 17.4 Å². The topological polar surface area (TPSA) is 37.8 Å². The number of aryl methyl sites for hydroxylation is 1. The molecule has 0 amide bonds. The van der Waals surface area contributed by atoms with Gasteiger partial charge in [0, 0.05) is 7.05 Å². The van der Waals surface area contributed by atoms with E-state index in [9.17, 15) is 18.0 Å². The van der Waals surface area contributed by atoms with Crippen LogP contribution in [0.2, 0.25) is 0 Å². The second-order valence-corrected chi connectivity index (χ2v) is 3.19. The minimum Gasteiger partial charge on any atom is -0.306 e. The average Bonchev–Trinajstić information content (AvgIpc) is 2.41. The number of aromatic amines is 1. The van der Waals surface area contributed by atoms with Gasteiger partial charge in [-0.05, 0) is 12.1 Å². The number of benzene rings is 1. The second kappa shape index (κ2) is 2.88. The number of nitrogens with one attached hydrogen (secondary N) is 1. The number of alkyl halides is 3. The molecule has 0 aliphatic heterocycles. The van der Waals surface area contributed by atoms with Gasteiger partial charge in [0.25, 0.3) is 0 Å². The van der Waals surface area contributed by atoms with Crippen LogP contribution < -0.4 is 5.69 Å². The van der Waals surface area contributed by atoms with Crippen LogP contribution in [0.3, 0.4) is 0 Å². The maximum atomic E-state index is 12.6. The summed E-state index contributed by atoms with van der Waals surface area (Å²) in [5, 5.41) is 0. The fourth-order valence-corrected chi connectivity index (χ4v) is 1.54. The molecular weight excluding hydrogens is 209 g/mol. The van der Waals surface area contributed by atoms with E-state index in [2.05, 4.69) is 4.98 Å². The van der Waals surface area contributed by atoms with E-state index in [1.165, 1.54) is 19.2 Å². The van der Waals surface area contributed by atoms with Crippen molar-refractivity contribution in [2.24, 2.45) is 7.05 Å². The Morgan fingerprint density at radius 1 is 1.33 bits per heavy atom. The first kappa shape index (κ1) is 9.82. The van der Waals surface area contributed by atoms with Crippen molar-refractivity contribution < 1.29 is 13.2 Å². The van der Waals surface area contributed by atoms with Gasteiger partial charge in [0.2, 0.25) is 0 Å². The zero-order valence-corrected chi connectivity index (χ0v) is 7.72. The summed E-state index contributed by atoms with van der Waals surface area (Å²) in [5.74, 6) is 0. The van der Waals surface area contributed by atoms with E-state index in [1.807, 2.05) is 0 Å². The number of halogens is 3. The van der Waals surface area contributed by atoms with Gasteiger partial charge in [-0.3, -0.25) is 4.57 Å². The number of fused-ring (bicyclic) bond motifs is 1. The third-order valence-corrected chi connectivity index (χ3v) is 2.22. The number of hydrogen-bond donors (Lipinski definition) is 1. The van der Waals surface area contributed by atoms with Crippen LogP contribution in [0.25, 0.3) is 11.0 Å². The smallest absolute Gasteiger partial charge is 0.306 e. The molecule has 0 spiro atoms. The van der Waals surface area contributed by atoms with E-state index in [0.717, 1.165) is 10.6 Å². The van der Waals surface area contributed by atoms with Gasteiger partial charge in [-0.15, -0.1) is 0 Å². The van der Waals surface area contributed by atoms with Crippen LogP contribution in [0, 0.1) is 0 Å².